The highest BCUT2D eigenvalue weighted by molar-refractivity contribution is 9.10. The monoisotopic (exact) mass is 365 g/mol. The number of thiophene rings is 1. The second-order valence-electron chi connectivity index (χ2n) is 5.38. The molecule has 0 spiro atoms. The average molecular weight is 367 g/mol. The van der Waals surface area contributed by atoms with E-state index in [9.17, 15) is 0 Å². The summed E-state index contributed by atoms with van der Waals surface area (Å²) >= 11 is 11.2. The predicted octanol–water partition coefficient (Wildman–Crippen LogP) is 3.05. The van der Waals surface area contributed by atoms with E-state index in [1.807, 2.05) is 0 Å². The molecule has 2 heterocycles. The van der Waals surface area contributed by atoms with Crippen LogP contribution in [0.25, 0.3) is 0 Å². The Morgan fingerprint density at radius 3 is 2.89 bits per heavy atom. The highest BCUT2D eigenvalue weighted by Crippen LogP contribution is 2.36. The van der Waals surface area contributed by atoms with Crippen LogP contribution in [0.3, 0.4) is 0 Å². The smallest absolute Gasteiger partial charge is 0.107 e. The summed E-state index contributed by atoms with van der Waals surface area (Å²) in [5.74, 6) is 0.753. The molecule has 1 aliphatic rings. The molecule has 0 amide bonds. The van der Waals surface area contributed by atoms with E-state index in [2.05, 4.69) is 45.9 Å². The van der Waals surface area contributed by atoms with Gasteiger partial charge in [-0.3, -0.25) is 4.90 Å². The first-order valence-corrected chi connectivity index (χ1v) is 8.53. The molecule has 6 heteroatoms. The minimum absolute atomic E-state index is 0.264. The molecule has 0 aliphatic carbocycles. The molecule has 1 aromatic heterocycles. The van der Waals surface area contributed by atoms with Crippen LogP contribution in [-0.4, -0.2) is 50.1 Å². The second kappa shape index (κ2) is 6.87. The molecule has 1 fully saturated rings. The third kappa shape index (κ3) is 3.93. The molecule has 1 aliphatic heterocycles. The first-order chi connectivity index (χ1) is 9.01. The van der Waals surface area contributed by atoms with Gasteiger partial charge in [0.15, 0.2) is 0 Å². The van der Waals surface area contributed by atoms with Crippen LogP contribution in [0.1, 0.15) is 17.3 Å². The van der Waals surface area contributed by atoms with Gasteiger partial charge in [0.2, 0.25) is 0 Å². The topological polar surface area (TPSA) is 32.5 Å². The lowest BCUT2D eigenvalue weighted by Gasteiger charge is -2.28. The molecule has 2 rings (SSSR count). The Labute approximate surface area is 132 Å². The molecule has 0 aromatic carbocycles. The van der Waals surface area contributed by atoms with Gasteiger partial charge in [0.1, 0.15) is 4.34 Å². The van der Waals surface area contributed by atoms with Crippen LogP contribution in [0, 0.1) is 5.92 Å². The van der Waals surface area contributed by atoms with Gasteiger partial charge in [0, 0.05) is 29.0 Å². The Balaban J connectivity index is 2.00. The second-order valence-corrected chi connectivity index (χ2v) is 7.92. The van der Waals surface area contributed by atoms with Crippen LogP contribution in [-0.2, 0) is 0 Å². The van der Waals surface area contributed by atoms with Crippen LogP contribution < -0.4 is 5.73 Å². The minimum Gasteiger partial charge on any atom is -0.329 e. The summed E-state index contributed by atoms with van der Waals surface area (Å²) in [6, 6.07) is 2.36. The first-order valence-electron chi connectivity index (χ1n) is 6.54. The third-order valence-corrected chi connectivity index (χ3v) is 6.36. The molecule has 108 valence electrons. The molecule has 0 saturated carbocycles. The van der Waals surface area contributed by atoms with Crippen molar-refractivity contribution in [3.8, 4) is 0 Å². The van der Waals surface area contributed by atoms with Crippen molar-refractivity contribution in [3.63, 3.8) is 0 Å². The Hall–Kier alpha value is 0.350. The summed E-state index contributed by atoms with van der Waals surface area (Å²) in [6.45, 7) is 4.13. The fourth-order valence-electron chi connectivity index (χ4n) is 2.75. The van der Waals surface area contributed by atoms with Crippen molar-refractivity contribution in [2.24, 2.45) is 11.7 Å². The number of likely N-dealkylation sites (N-methyl/N-ethyl adjacent to an activating group) is 1. The molecule has 0 radical (unpaired) electrons. The quantitative estimate of drug-likeness (QED) is 0.869. The highest BCUT2D eigenvalue weighted by Gasteiger charge is 2.25. The summed E-state index contributed by atoms with van der Waals surface area (Å²) < 4.78 is 1.78. The van der Waals surface area contributed by atoms with Crippen molar-refractivity contribution in [3.05, 3.63) is 19.8 Å². The van der Waals surface area contributed by atoms with E-state index in [1.54, 1.807) is 11.3 Å². The van der Waals surface area contributed by atoms with E-state index in [1.165, 1.54) is 24.4 Å². The van der Waals surface area contributed by atoms with Gasteiger partial charge in [0.25, 0.3) is 0 Å². The summed E-state index contributed by atoms with van der Waals surface area (Å²) in [5, 5.41) is 0. The number of rotatable bonds is 5. The fraction of sp³-hybridized carbons (Fsp3) is 0.692. The van der Waals surface area contributed by atoms with E-state index in [0.717, 1.165) is 21.3 Å². The number of nitrogens with zero attached hydrogens (tertiary/aromatic N) is 2. The number of hydrogen-bond acceptors (Lipinski definition) is 4. The van der Waals surface area contributed by atoms with Crippen LogP contribution in [0.15, 0.2) is 10.5 Å². The van der Waals surface area contributed by atoms with Crippen LogP contribution in [0.4, 0.5) is 0 Å². The van der Waals surface area contributed by atoms with E-state index >= 15 is 0 Å². The maximum atomic E-state index is 6.13. The highest BCUT2D eigenvalue weighted by atomic mass is 79.9. The molecule has 0 bridgehead atoms. The van der Waals surface area contributed by atoms with Crippen molar-refractivity contribution in [1.82, 2.24) is 9.80 Å². The SMILES string of the molecule is CN1CCC(CN(C)C(CN)c2cc(Br)c(Cl)s2)C1. The third-order valence-electron chi connectivity index (χ3n) is 3.78. The van der Waals surface area contributed by atoms with Crippen LogP contribution in [0.2, 0.25) is 4.34 Å². The maximum absolute atomic E-state index is 6.13. The van der Waals surface area contributed by atoms with Crippen molar-refractivity contribution >= 4 is 38.9 Å². The van der Waals surface area contributed by atoms with E-state index in [4.69, 9.17) is 17.3 Å². The average Bonchev–Trinajstić information content (AvgIpc) is 2.88. The van der Waals surface area contributed by atoms with Crippen LogP contribution >= 0.6 is 38.9 Å². The summed E-state index contributed by atoms with van der Waals surface area (Å²) in [6.07, 6.45) is 1.28. The van der Waals surface area contributed by atoms with Crippen molar-refractivity contribution in [2.45, 2.75) is 12.5 Å². The molecule has 2 N–H and O–H groups in total. The zero-order valence-electron chi connectivity index (χ0n) is 11.4. The predicted molar refractivity (Wildman–Crippen MR) is 87.1 cm³/mol. The van der Waals surface area contributed by atoms with Gasteiger partial charge in [-0.1, -0.05) is 11.6 Å². The van der Waals surface area contributed by atoms with E-state index < -0.39 is 0 Å². The minimum atomic E-state index is 0.264. The summed E-state index contributed by atoms with van der Waals surface area (Å²) in [4.78, 5) is 6.01. The normalized spacial score (nSPS) is 22.3. The lowest BCUT2D eigenvalue weighted by molar-refractivity contribution is 0.214. The van der Waals surface area contributed by atoms with Crippen molar-refractivity contribution in [1.29, 1.82) is 0 Å². The van der Waals surface area contributed by atoms with Crippen molar-refractivity contribution < 1.29 is 0 Å². The molecule has 3 nitrogen and oxygen atoms in total. The molecule has 1 aromatic rings. The molecule has 1 saturated heterocycles. The fourth-order valence-corrected chi connectivity index (χ4v) is 4.67. The van der Waals surface area contributed by atoms with Gasteiger partial charge in [-0.05, 0) is 55.0 Å². The van der Waals surface area contributed by atoms with E-state index in [0.29, 0.717) is 6.54 Å². The van der Waals surface area contributed by atoms with E-state index in [-0.39, 0.29) is 6.04 Å². The zero-order chi connectivity index (χ0) is 14.0. The number of hydrogen-bond donors (Lipinski definition) is 1. The number of halogens is 2. The van der Waals surface area contributed by atoms with Gasteiger partial charge in [-0.2, -0.15) is 0 Å². The Morgan fingerprint density at radius 2 is 2.42 bits per heavy atom. The molecular formula is C13H21BrClN3S. The number of nitrogens with two attached hydrogens (primary N) is 1. The lowest BCUT2D eigenvalue weighted by atomic mass is 10.1. The maximum Gasteiger partial charge on any atom is 0.107 e. The summed E-state index contributed by atoms with van der Waals surface area (Å²) in [7, 11) is 4.36. The lowest BCUT2D eigenvalue weighted by Crippen LogP contribution is -2.34. The Bertz CT molecular complexity index is 407. The van der Waals surface area contributed by atoms with Crippen LogP contribution in [0.5, 0.6) is 0 Å². The summed E-state index contributed by atoms with van der Waals surface area (Å²) in [5.41, 5.74) is 5.96. The zero-order valence-corrected chi connectivity index (χ0v) is 14.6. The standard InChI is InChI=1S/C13H21BrClN3S/c1-17-4-3-9(7-17)8-18(2)11(6-16)12-5-10(14)13(15)19-12/h5,9,11H,3-4,6-8,16H2,1-2H3. The molecular weight excluding hydrogens is 346 g/mol. The Morgan fingerprint density at radius 1 is 1.68 bits per heavy atom. The van der Waals surface area contributed by atoms with Gasteiger partial charge >= 0.3 is 0 Å². The van der Waals surface area contributed by atoms with Crippen molar-refractivity contribution in [2.75, 3.05) is 40.3 Å². The number of likely N-dealkylation sites (tertiary alicyclic amines) is 1. The largest absolute Gasteiger partial charge is 0.329 e. The van der Waals surface area contributed by atoms with Gasteiger partial charge in [-0.15, -0.1) is 11.3 Å². The molecule has 19 heavy (non-hydrogen) atoms. The van der Waals surface area contributed by atoms with Gasteiger partial charge < -0.3 is 10.6 Å². The molecule has 2 atom stereocenters. The van der Waals surface area contributed by atoms with Gasteiger partial charge in [-0.25, -0.2) is 0 Å². The Kier molecular flexibility index (Phi) is 5.69. The van der Waals surface area contributed by atoms with Gasteiger partial charge in [0.05, 0.1) is 6.04 Å². The molecule has 2 unspecified atom stereocenters. The first kappa shape index (κ1) is 15.7.